The van der Waals surface area contributed by atoms with Crippen LogP contribution in [0.25, 0.3) is 5.57 Å². The van der Waals surface area contributed by atoms with Crippen molar-refractivity contribution >= 4 is 11.5 Å². The Morgan fingerprint density at radius 3 is 3.05 bits per heavy atom. The number of carbonyl (C=O) groups is 1. The Kier molecular flexibility index (Phi) is 3.99. The van der Waals surface area contributed by atoms with Gasteiger partial charge in [-0.15, -0.1) is 0 Å². The van der Waals surface area contributed by atoms with Gasteiger partial charge in [0.15, 0.2) is 0 Å². The van der Waals surface area contributed by atoms with Crippen LogP contribution >= 0.6 is 0 Å². The number of aliphatic hydroxyl groups excluding tert-OH is 1. The van der Waals surface area contributed by atoms with Crippen molar-refractivity contribution in [3.63, 3.8) is 0 Å². The second-order valence-electron chi connectivity index (χ2n) is 4.28. The maximum atomic E-state index is 12.3. The summed E-state index contributed by atoms with van der Waals surface area (Å²) in [6.45, 7) is 2.38. The highest BCUT2D eigenvalue weighted by Crippen LogP contribution is 2.21. The van der Waals surface area contributed by atoms with Crippen molar-refractivity contribution in [2.75, 3.05) is 6.61 Å². The Hall–Kier alpha value is -2.11. The van der Waals surface area contributed by atoms with Gasteiger partial charge in [0.05, 0.1) is 12.9 Å². The zero-order chi connectivity index (χ0) is 13.8. The van der Waals surface area contributed by atoms with Gasteiger partial charge in [-0.2, -0.15) is 0 Å². The molecule has 0 amide bonds. The standard InChI is InChI=1S/C13H16N2O4/c1-2-19-13(18)10-7-14-11-9(8-16)5-3-4-6-15(11)12(10)17/h7-8,16H,2-6H2,1H3/b9-8-. The summed E-state index contributed by atoms with van der Waals surface area (Å²) in [6.07, 6.45) is 4.54. The van der Waals surface area contributed by atoms with Gasteiger partial charge in [0.2, 0.25) is 0 Å². The van der Waals surface area contributed by atoms with Gasteiger partial charge in [0.1, 0.15) is 11.4 Å². The predicted octanol–water partition coefficient (Wildman–Crippen LogP) is 1.50. The van der Waals surface area contributed by atoms with Crippen LogP contribution in [0.1, 0.15) is 42.4 Å². The molecular weight excluding hydrogens is 248 g/mol. The molecule has 1 aliphatic rings. The SMILES string of the molecule is CCOC(=O)c1cnc2n(c1=O)CCCC/C2=C/O. The van der Waals surface area contributed by atoms with E-state index >= 15 is 0 Å². The number of nitrogens with zero attached hydrogens (tertiary/aromatic N) is 2. The zero-order valence-electron chi connectivity index (χ0n) is 10.8. The van der Waals surface area contributed by atoms with E-state index in [-0.39, 0.29) is 12.2 Å². The number of allylic oxidation sites excluding steroid dienone is 1. The number of aromatic nitrogens is 2. The highest BCUT2D eigenvalue weighted by molar-refractivity contribution is 5.88. The molecule has 6 heteroatoms. The number of rotatable bonds is 2. The summed E-state index contributed by atoms with van der Waals surface area (Å²) in [5, 5.41) is 9.21. The molecule has 0 radical (unpaired) electrons. The van der Waals surface area contributed by atoms with Crippen LogP contribution in [0.2, 0.25) is 0 Å². The number of ether oxygens (including phenoxy) is 1. The number of fused-ring (bicyclic) bond motifs is 1. The minimum Gasteiger partial charge on any atom is -0.515 e. The molecule has 0 aromatic carbocycles. The van der Waals surface area contributed by atoms with Crippen molar-refractivity contribution in [1.29, 1.82) is 0 Å². The van der Waals surface area contributed by atoms with Gasteiger partial charge in [0, 0.05) is 18.3 Å². The topological polar surface area (TPSA) is 81.4 Å². The first-order valence-corrected chi connectivity index (χ1v) is 6.29. The molecule has 0 atom stereocenters. The minimum absolute atomic E-state index is 0.0650. The average Bonchev–Trinajstić information content (AvgIpc) is 2.61. The predicted molar refractivity (Wildman–Crippen MR) is 68.9 cm³/mol. The highest BCUT2D eigenvalue weighted by Gasteiger charge is 2.20. The van der Waals surface area contributed by atoms with Crippen LogP contribution in [-0.2, 0) is 11.3 Å². The number of esters is 1. The molecule has 1 aromatic heterocycles. The molecule has 0 bridgehead atoms. The van der Waals surface area contributed by atoms with Gasteiger partial charge in [-0.1, -0.05) is 0 Å². The van der Waals surface area contributed by atoms with E-state index in [0.717, 1.165) is 19.1 Å². The van der Waals surface area contributed by atoms with Crippen molar-refractivity contribution < 1.29 is 14.6 Å². The van der Waals surface area contributed by atoms with Gasteiger partial charge >= 0.3 is 5.97 Å². The maximum Gasteiger partial charge on any atom is 0.345 e. The lowest BCUT2D eigenvalue weighted by Crippen LogP contribution is -2.30. The van der Waals surface area contributed by atoms with Crippen molar-refractivity contribution in [1.82, 2.24) is 9.55 Å². The molecule has 19 heavy (non-hydrogen) atoms. The van der Waals surface area contributed by atoms with Crippen LogP contribution in [0, 0.1) is 0 Å². The van der Waals surface area contributed by atoms with Crippen LogP contribution < -0.4 is 5.56 Å². The third-order valence-electron chi connectivity index (χ3n) is 3.06. The first kappa shape index (κ1) is 13.3. The molecule has 2 rings (SSSR count). The Labute approximate surface area is 110 Å². The molecule has 0 fully saturated rings. The van der Waals surface area contributed by atoms with Gasteiger partial charge in [-0.3, -0.25) is 9.36 Å². The quantitative estimate of drug-likeness (QED) is 0.646. The highest BCUT2D eigenvalue weighted by atomic mass is 16.5. The van der Waals surface area contributed by atoms with E-state index in [9.17, 15) is 14.7 Å². The maximum absolute atomic E-state index is 12.3. The van der Waals surface area contributed by atoms with Crippen molar-refractivity contribution in [3.05, 3.63) is 34.2 Å². The van der Waals surface area contributed by atoms with E-state index in [2.05, 4.69) is 4.98 Å². The normalized spacial score (nSPS) is 16.8. The molecule has 0 saturated carbocycles. The lowest BCUT2D eigenvalue weighted by atomic mass is 10.1. The molecule has 102 valence electrons. The fourth-order valence-electron chi connectivity index (χ4n) is 2.12. The number of aliphatic hydroxyl groups is 1. The molecule has 0 aliphatic carbocycles. The van der Waals surface area contributed by atoms with E-state index in [1.165, 1.54) is 10.8 Å². The summed E-state index contributed by atoms with van der Waals surface area (Å²) in [5.74, 6) is -0.230. The third-order valence-corrected chi connectivity index (χ3v) is 3.06. The molecule has 2 heterocycles. The Morgan fingerprint density at radius 2 is 2.37 bits per heavy atom. The molecule has 1 aromatic rings. The molecule has 0 unspecified atom stereocenters. The Balaban J connectivity index is 2.53. The van der Waals surface area contributed by atoms with Gasteiger partial charge in [-0.05, 0) is 26.2 Å². The number of hydrogen-bond donors (Lipinski definition) is 1. The first-order valence-electron chi connectivity index (χ1n) is 6.29. The largest absolute Gasteiger partial charge is 0.515 e. The van der Waals surface area contributed by atoms with E-state index in [4.69, 9.17) is 4.74 Å². The van der Waals surface area contributed by atoms with Crippen molar-refractivity contribution in [2.45, 2.75) is 32.7 Å². The monoisotopic (exact) mass is 264 g/mol. The van der Waals surface area contributed by atoms with E-state index in [1.807, 2.05) is 0 Å². The first-order chi connectivity index (χ1) is 9.19. The second-order valence-corrected chi connectivity index (χ2v) is 4.28. The van der Waals surface area contributed by atoms with Crippen LogP contribution in [0.4, 0.5) is 0 Å². The Bertz CT molecular complexity index is 574. The molecule has 6 nitrogen and oxygen atoms in total. The van der Waals surface area contributed by atoms with Crippen molar-refractivity contribution in [3.8, 4) is 0 Å². The van der Waals surface area contributed by atoms with Crippen LogP contribution in [0.5, 0.6) is 0 Å². The van der Waals surface area contributed by atoms with Crippen molar-refractivity contribution in [2.24, 2.45) is 0 Å². The summed E-state index contributed by atoms with van der Waals surface area (Å²) in [4.78, 5) is 28.0. The summed E-state index contributed by atoms with van der Waals surface area (Å²) in [7, 11) is 0. The molecule has 0 spiro atoms. The van der Waals surface area contributed by atoms with E-state index in [1.54, 1.807) is 6.92 Å². The summed E-state index contributed by atoms with van der Waals surface area (Å²) in [6, 6.07) is 0. The molecule has 0 saturated heterocycles. The summed E-state index contributed by atoms with van der Waals surface area (Å²) in [5.41, 5.74) is 0.138. The van der Waals surface area contributed by atoms with Crippen LogP contribution in [-0.4, -0.2) is 27.2 Å². The smallest absolute Gasteiger partial charge is 0.345 e. The number of hydrogen-bond acceptors (Lipinski definition) is 5. The molecule has 1 aliphatic heterocycles. The minimum atomic E-state index is -0.658. The second kappa shape index (κ2) is 5.69. The van der Waals surface area contributed by atoms with Crippen LogP contribution in [0.3, 0.4) is 0 Å². The lowest BCUT2D eigenvalue weighted by Gasteiger charge is -2.10. The van der Waals surface area contributed by atoms with Gasteiger partial charge in [0.25, 0.3) is 5.56 Å². The van der Waals surface area contributed by atoms with E-state index < -0.39 is 11.5 Å². The average molecular weight is 264 g/mol. The Morgan fingerprint density at radius 1 is 1.58 bits per heavy atom. The summed E-state index contributed by atoms with van der Waals surface area (Å²) < 4.78 is 6.26. The van der Waals surface area contributed by atoms with E-state index in [0.29, 0.717) is 24.4 Å². The fraction of sp³-hybridized carbons (Fsp3) is 0.462. The zero-order valence-corrected chi connectivity index (χ0v) is 10.8. The molecular formula is C13H16N2O4. The van der Waals surface area contributed by atoms with Gasteiger partial charge in [-0.25, -0.2) is 9.78 Å². The third kappa shape index (κ3) is 2.52. The summed E-state index contributed by atoms with van der Waals surface area (Å²) >= 11 is 0. The fourth-order valence-corrected chi connectivity index (χ4v) is 2.12. The number of carbonyl (C=O) groups excluding carboxylic acids is 1. The molecule has 1 N–H and O–H groups in total. The lowest BCUT2D eigenvalue weighted by molar-refractivity contribution is 0.0523. The van der Waals surface area contributed by atoms with Gasteiger partial charge < -0.3 is 9.84 Å². The van der Waals surface area contributed by atoms with Crippen LogP contribution in [0.15, 0.2) is 17.3 Å².